The third-order valence-electron chi connectivity index (χ3n) is 9.19. The van der Waals surface area contributed by atoms with E-state index in [0.717, 1.165) is 36.8 Å². The molecule has 2 aliphatic rings. The molecule has 0 aromatic heterocycles. The Morgan fingerprint density at radius 1 is 0.902 bits per heavy atom. The highest BCUT2D eigenvalue weighted by Gasteiger charge is 2.49. The van der Waals surface area contributed by atoms with Crippen molar-refractivity contribution < 1.29 is 59.0 Å². The van der Waals surface area contributed by atoms with Crippen LogP contribution in [0.3, 0.4) is 0 Å². The minimum absolute atomic E-state index is 0.0180. The lowest BCUT2D eigenvalue weighted by molar-refractivity contribution is -0.527. The predicted molar refractivity (Wildman–Crippen MR) is 179 cm³/mol. The molecule has 2 aromatic rings. The maximum absolute atomic E-state index is 14.2. The summed E-state index contributed by atoms with van der Waals surface area (Å²) in [7, 11) is 1.59. The molecule has 2 aromatic carbocycles. The lowest BCUT2D eigenvalue weighted by Gasteiger charge is -2.30. The minimum atomic E-state index is -0.942. The maximum Gasteiger partial charge on any atom is 0.311 e. The normalized spacial score (nSPS) is 19.1. The number of methoxy groups -OCH3 is 1. The van der Waals surface area contributed by atoms with E-state index >= 15 is 0 Å². The Morgan fingerprint density at radius 2 is 1.59 bits per heavy atom. The number of esters is 1. The van der Waals surface area contributed by atoms with Gasteiger partial charge in [0.15, 0.2) is 11.5 Å². The molecule has 0 saturated carbocycles. The van der Waals surface area contributed by atoms with Gasteiger partial charge in [-0.05, 0) is 67.5 Å². The van der Waals surface area contributed by atoms with Crippen LogP contribution in [0.1, 0.15) is 81.9 Å². The zero-order chi connectivity index (χ0) is 36.8. The molecule has 16 nitrogen and oxygen atoms in total. The molecule has 284 valence electrons. The molecule has 3 unspecified atom stereocenters. The summed E-state index contributed by atoms with van der Waals surface area (Å²) in [6, 6.07) is 12.7. The molecule has 0 spiro atoms. The Kier molecular flexibility index (Phi) is 16.1. The topological polar surface area (TPSA) is 183 Å². The van der Waals surface area contributed by atoms with Crippen LogP contribution in [0.5, 0.6) is 17.2 Å². The van der Waals surface area contributed by atoms with Gasteiger partial charge in [-0.15, -0.1) is 0 Å². The number of amides is 1. The van der Waals surface area contributed by atoms with Gasteiger partial charge in [0.05, 0.1) is 37.0 Å². The van der Waals surface area contributed by atoms with Gasteiger partial charge in [-0.3, -0.25) is 35.3 Å². The standard InChI is InChI=1S/C35H52N4O12/c1-4-6-17-36(18-7-5-2)32(40)22-37-21-29(26-13-16-30-31(20-26)49-24-48-30)33(34(37)25-11-14-27(46-3)15-12-25)35(41)47-19-9-8-10-28(51-39(44)45)23-50-38(42)43/h11-16,20,28-29,33-34,42-45H,4-10,17-19,21-24H2,1-3H3/t28?,29?,33-,34?/m1/s1. The molecule has 1 fully saturated rings. The number of hydrogen-bond donors (Lipinski definition) is 4. The number of hydrogen-bond acceptors (Lipinski definition) is 15. The van der Waals surface area contributed by atoms with Crippen molar-refractivity contribution in [1.29, 1.82) is 0 Å². The summed E-state index contributed by atoms with van der Waals surface area (Å²) in [6.07, 6.45) is 3.84. The number of carbonyl (C=O) groups is 2. The second-order valence-electron chi connectivity index (χ2n) is 12.7. The highest BCUT2D eigenvalue weighted by atomic mass is 17.1. The van der Waals surface area contributed by atoms with E-state index in [1.54, 1.807) is 7.11 Å². The van der Waals surface area contributed by atoms with E-state index in [1.807, 2.05) is 47.4 Å². The van der Waals surface area contributed by atoms with Crippen LogP contribution in [0.15, 0.2) is 42.5 Å². The summed E-state index contributed by atoms with van der Waals surface area (Å²) < 4.78 is 22.6. The Labute approximate surface area is 298 Å². The molecule has 4 atom stereocenters. The lowest BCUT2D eigenvalue weighted by atomic mass is 9.82. The van der Waals surface area contributed by atoms with E-state index < -0.39 is 41.4 Å². The van der Waals surface area contributed by atoms with E-state index in [0.29, 0.717) is 49.7 Å². The van der Waals surface area contributed by atoms with Crippen molar-refractivity contribution in [2.45, 2.75) is 76.9 Å². The summed E-state index contributed by atoms with van der Waals surface area (Å²) in [4.78, 5) is 41.5. The minimum Gasteiger partial charge on any atom is -0.497 e. The van der Waals surface area contributed by atoms with Crippen molar-refractivity contribution >= 4 is 11.9 Å². The van der Waals surface area contributed by atoms with Crippen LogP contribution in [0.4, 0.5) is 0 Å². The van der Waals surface area contributed by atoms with Crippen molar-refractivity contribution in [2.24, 2.45) is 5.92 Å². The molecule has 0 bridgehead atoms. The molecule has 0 aliphatic carbocycles. The number of carbonyl (C=O) groups excluding carboxylic acids is 2. The molecule has 0 radical (unpaired) electrons. The van der Waals surface area contributed by atoms with Gasteiger partial charge < -0.3 is 23.8 Å². The molecule has 51 heavy (non-hydrogen) atoms. The smallest absolute Gasteiger partial charge is 0.311 e. The Hall–Kier alpha value is -3.58. The number of benzene rings is 2. The first-order valence-corrected chi connectivity index (χ1v) is 17.5. The number of fused-ring (bicyclic) bond motifs is 1. The van der Waals surface area contributed by atoms with Crippen LogP contribution in [0.25, 0.3) is 0 Å². The van der Waals surface area contributed by atoms with E-state index in [2.05, 4.69) is 23.6 Å². The van der Waals surface area contributed by atoms with Crippen LogP contribution >= 0.6 is 0 Å². The number of likely N-dealkylation sites (tertiary alicyclic amines) is 1. The Morgan fingerprint density at radius 3 is 2.24 bits per heavy atom. The summed E-state index contributed by atoms with van der Waals surface area (Å²) in [6.45, 7) is 5.89. The Balaban J connectivity index is 1.58. The molecular formula is C35H52N4O12. The fourth-order valence-electron chi connectivity index (χ4n) is 6.58. The van der Waals surface area contributed by atoms with Gasteiger partial charge in [0.2, 0.25) is 12.7 Å². The van der Waals surface area contributed by atoms with Crippen LogP contribution in [0, 0.1) is 5.92 Å². The summed E-state index contributed by atoms with van der Waals surface area (Å²) in [5, 5.41) is 34.7. The number of ether oxygens (including phenoxy) is 4. The SMILES string of the molecule is CCCCN(CCCC)C(=O)CN1CC(c2ccc3c(c2)OCO3)[C@@H](C(=O)OCCCCC(CON(O)O)ON(O)O)C1c1ccc(OC)cc1. The van der Waals surface area contributed by atoms with Crippen LogP contribution < -0.4 is 14.2 Å². The maximum atomic E-state index is 14.2. The van der Waals surface area contributed by atoms with Gasteiger partial charge >= 0.3 is 5.97 Å². The van der Waals surface area contributed by atoms with Crippen LogP contribution in [-0.4, -0.2) is 113 Å². The second kappa shape index (κ2) is 20.5. The van der Waals surface area contributed by atoms with Gasteiger partial charge in [-0.2, -0.15) is 0 Å². The van der Waals surface area contributed by atoms with Gasteiger partial charge in [0.25, 0.3) is 0 Å². The first-order chi connectivity index (χ1) is 24.6. The summed E-state index contributed by atoms with van der Waals surface area (Å²) in [5.74, 6) is 0.447. The van der Waals surface area contributed by atoms with Gasteiger partial charge in [0.1, 0.15) is 18.5 Å². The molecule has 16 heteroatoms. The van der Waals surface area contributed by atoms with Crippen molar-refractivity contribution in [3.8, 4) is 17.2 Å². The third-order valence-corrected chi connectivity index (χ3v) is 9.19. The quantitative estimate of drug-likeness (QED) is 0.0744. The molecule has 1 saturated heterocycles. The van der Waals surface area contributed by atoms with Gasteiger partial charge in [-0.1, -0.05) is 44.9 Å². The second-order valence-corrected chi connectivity index (χ2v) is 12.7. The van der Waals surface area contributed by atoms with Crippen molar-refractivity contribution in [1.82, 2.24) is 20.6 Å². The monoisotopic (exact) mass is 720 g/mol. The van der Waals surface area contributed by atoms with Crippen LogP contribution in [-0.2, 0) is 24.0 Å². The molecule has 1 amide bonds. The average molecular weight is 721 g/mol. The lowest BCUT2D eigenvalue weighted by Crippen LogP contribution is -2.42. The molecule has 4 rings (SSSR count). The predicted octanol–water partition coefficient (Wildman–Crippen LogP) is 4.72. The van der Waals surface area contributed by atoms with Gasteiger partial charge in [-0.25, -0.2) is 9.68 Å². The Bertz CT molecular complexity index is 1360. The average Bonchev–Trinajstić information content (AvgIpc) is 3.74. The summed E-state index contributed by atoms with van der Waals surface area (Å²) in [5.41, 5.74) is 1.71. The number of nitrogens with zero attached hydrogens (tertiary/aromatic N) is 4. The molecular weight excluding hydrogens is 668 g/mol. The van der Waals surface area contributed by atoms with E-state index in [-0.39, 0.29) is 38.2 Å². The fraction of sp³-hybridized carbons (Fsp3) is 0.600. The first kappa shape index (κ1) is 40.2. The van der Waals surface area contributed by atoms with Crippen molar-refractivity contribution in [2.75, 3.05) is 53.3 Å². The zero-order valence-electron chi connectivity index (χ0n) is 29.6. The molecule has 2 aliphatic heterocycles. The van der Waals surface area contributed by atoms with E-state index in [4.69, 9.17) is 44.6 Å². The van der Waals surface area contributed by atoms with Crippen molar-refractivity contribution in [3.63, 3.8) is 0 Å². The highest BCUT2D eigenvalue weighted by molar-refractivity contribution is 5.80. The summed E-state index contributed by atoms with van der Waals surface area (Å²) >= 11 is 0. The largest absolute Gasteiger partial charge is 0.497 e. The highest BCUT2D eigenvalue weighted by Crippen LogP contribution is 2.48. The zero-order valence-corrected chi connectivity index (χ0v) is 29.6. The third kappa shape index (κ3) is 11.7. The van der Waals surface area contributed by atoms with Crippen molar-refractivity contribution in [3.05, 3.63) is 53.6 Å². The van der Waals surface area contributed by atoms with Crippen LogP contribution in [0.2, 0.25) is 0 Å². The van der Waals surface area contributed by atoms with Gasteiger partial charge in [0, 0.05) is 31.6 Å². The number of rotatable bonds is 22. The van der Waals surface area contributed by atoms with E-state index in [9.17, 15) is 9.59 Å². The fourth-order valence-corrected chi connectivity index (χ4v) is 6.58. The molecule has 4 N–H and O–H groups in total. The molecule has 2 heterocycles. The number of unbranched alkanes of at least 4 members (excludes halogenated alkanes) is 3. The van der Waals surface area contributed by atoms with E-state index in [1.165, 1.54) is 0 Å². The first-order valence-electron chi connectivity index (χ1n) is 17.5.